The standard InChI is InChI=1S/C22H15ClF3NO2/c23-17-11-9-15(10-12-17)21(29)19-4-2-1-3-18(19)20(28)27(21)13-14-5-7-16(8-6-14)22(24,25)26/h1-12,29H,13H2. The predicted octanol–water partition coefficient (Wildman–Crippen LogP) is 5.21. The Labute approximate surface area is 170 Å². The first kappa shape index (κ1) is 19.5. The molecule has 148 valence electrons. The summed E-state index contributed by atoms with van der Waals surface area (Å²) in [6.45, 7) is -0.0647. The lowest BCUT2D eigenvalue weighted by molar-refractivity contribution is -0.137. The maximum Gasteiger partial charge on any atom is 0.416 e. The Hall–Kier alpha value is -2.83. The summed E-state index contributed by atoms with van der Waals surface area (Å²) in [5, 5.41) is 12.1. The maximum absolute atomic E-state index is 13.0. The third-order valence-electron chi connectivity index (χ3n) is 5.04. The second kappa shape index (κ2) is 6.90. The van der Waals surface area contributed by atoms with Gasteiger partial charge >= 0.3 is 6.18 Å². The number of alkyl halides is 3. The van der Waals surface area contributed by atoms with Crippen molar-refractivity contribution in [1.29, 1.82) is 0 Å². The molecule has 0 saturated carbocycles. The van der Waals surface area contributed by atoms with Gasteiger partial charge in [0.25, 0.3) is 5.91 Å². The number of nitrogens with zero attached hydrogens (tertiary/aromatic N) is 1. The van der Waals surface area contributed by atoms with Gasteiger partial charge < -0.3 is 5.11 Å². The third-order valence-corrected chi connectivity index (χ3v) is 5.29. The largest absolute Gasteiger partial charge is 0.416 e. The number of hydrogen-bond acceptors (Lipinski definition) is 2. The summed E-state index contributed by atoms with van der Waals surface area (Å²) in [4.78, 5) is 14.3. The minimum atomic E-state index is -4.44. The van der Waals surface area contributed by atoms with Gasteiger partial charge in [-0.15, -0.1) is 0 Å². The second-order valence-electron chi connectivity index (χ2n) is 6.81. The molecule has 1 aliphatic rings. The number of carbonyl (C=O) groups is 1. The highest BCUT2D eigenvalue weighted by atomic mass is 35.5. The maximum atomic E-state index is 13.0. The molecule has 7 heteroatoms. The molecular formula is C22H15ClF3NO2. The van der Waals surface area contributed by atoms with Gasteiger partial charge in [0.2, 0.25) is 0 Å². The first-order valence-electron chi connectivity index (χ1n) is 8.77. The molecule has 0 aromatic heterocycles. The molecule has 4 rings (SSSR count). The van der Waals surface area contributed by atoms with Crippen molar-refractivity contribution in [3.8, 4) is 0 Å². The van der Waals surface area contributed by atoms with Crippen LogP contribution in [0.25, 0.3) is 0 Å². The van der Waals surface area contributed by atoms with Crippen LogP contribution in [0.2, 0.25) is 5.02 Å². The molecule has 3 aromatic carbocycles. The molecule has 0 fully saturated rings. The third kappa shape index (κ3) is 3.28. The molecule has 3 nitrogen and oxygen atoms in total. The van der Waals surface area contributed by atoms with Crippen molar-refractivity contribution in [2.45, 2.75) is 18.4 Å². The van der Waals surface area contributed by atoms with Crippen LogP contribution in [0, 0.1) is 0 Å². The van der Waals surface area contributed by atoms with E-state index in [-0.39, 0.29) is 6.54 Å². The Morgan fingerprint density at radius 2 is 1.55 bits per heavy atom. The van der Waals surface area contributed by atoms with Crippen LogP contribution < -0.4 is 0 Å². The number of carbonyl (C=O) groups excluding carboxylic acids is 1. The van der Waals surface area contributed by atoms with Gasteiger partial charge in [-0.1, -0.05) is 54.1 Å². The molecule has 29 heavy (non-hydrogen) atoms. The van der Waals surface area contributed by atoms with Gasteiger partial charge in [0.15, 0.2) is 5.72 Å². The summed E-state index contributed by atoms with van der Waals surface area (Å²) in [5.74, 6) is -0.405. The molecule has 1 aliphatic heterocycles. The molecule has 1 unspecified atom stereocenters. The number of fused-ring (bicyclic) bond motifs is 1. The average Bonchev–Trinajstić information content (AvgIpc) is 2.91. The van der Waals surface area contributed by atoms with E-state index in [0.717, 1.165) is 12.1 Å². The van der Waals surface area contributed by atoms with Crippen LogP contribution in [0.15, 0.2) is 72.8 Å². The number of rotatable bonds is 3. The molecule has 0 radical (unpaired) electrons. The minimum Gasteiger partial charge on any atom is -0.363 e. The van der Waals surface area contributed by atoms with Gasteiger partial charge in [-0.2, -0.15) is 13.2 Å². The van der Waals surface area contributed by atoms with Crippen LogP contribution in [0.3, 0.4) is 0 Å². The van der Waals surface area contributed by atoms with Crippen molar-refractivity contribution >= 4 is 17.5 Å². The zero-order chi connectivity index (χ0) is 20.8. The van der Waals surface area contributed by atoms with E-state index in [4.69, 9.17) is 11.6 Å². The van der Waals surface area contributed by atoms with Gasteiger partial charge in [-0.25, -0.2) is 0 Å². The summed E-state index contributed by atoms with van der Waals surface area (Å²) < 4.78 is 38.5. The lowest BCUT2D eigenvalue weighted by atomic mass is 9.93. The van der Waals surface area contributed by atoms with Crippen molar-refractivity contribution in [3.05, 3.63) is 106 Å². The van der Waals surface area contributed by atoms with Crippen molar-refractivity contribution in [3.63, 3.8) is 0 Å². The molecule has 3 aromatic rings. The molecule has 1 heterocycles. The molecule has 1 atom stereocenters. The fourth-order valence-electron chi connectivity index (χ4n) is 3.57. The van der Waals surface area contributed by atoms with Gasteiger partial charge in [-0.05, 0) is 35.9 Å². The Bertz CT molecular complexity index is 1060. The second-order valence-corrected chi connectivity index (χ2v) is 7.25. The Kier molecular flexibility index (Phi) is 4.63. The van der Waals surface area contributed by atoms with E-state index < -0.39 is 23.4 Å². The normalized spacial score (nSPS) is 18.8. The summed E-state index contributed by atoms with van der Waals surface area (Å²) >= 11 is 5.96. The van der Waals surface area contributed by atoms with Gasteiger partial charge in [0.1, 0.15) is 0 Å². The number of halogens is 4. The number of amides is 1. The van der Waals surface area contributed by atoms with Gasteiger partial charge in [0, 0.05) is 28.3 Å². The van der Waals surface area contributed by atoms with E-state index in [1.54, 1.807) is 48.5 Å². The Morgan fingerprint density at radius 1 is 0.931 bits per heavy atom. The molecular weight excluding hydrogens is 403 g/mol. The molecule has 0 bridgehead atoms. The van der Waals surface area contributed by atoms with Gasteiger partial charge in [0.05, 0.1) is 5.56 Å². The van der Waals surface area contributed by atoms with Gasteiger partial charge in [-0.3, -0.25) is 9.69 Å². The summed E-state index contributed by atoms with van der Waals surface area (Å²) in [6, 6.07) is 17.7. The number of hydrogen-bond donors (Lipinski definition) is 1. The smallest absolute Gasteiger partial charge is 0.363 e. The highest BCUT2D eigenvalue weighted by Gasteiger charge is 2.49. The van der Waals surface area contributed by atoms with Crippen molar-refractivity contribution in [1.82, 2.24) is 4.90 Å². The molecule has 1 amide bonds. The molecule has 1 N–H and O–H groups in total. The van der Waals surface area contributed by atoms with Crippen molar-refractivity contribution in [2.24, 2.45) is 0 Å². The summed E-state index contributed by atoms with van der Waals surface area (Å²) in [7, 11) is 0. The van der Waals surface area contributed by atoms with Crippen LogP contribution >= 0.6 is 11.6 Å². The van der Waals surface area contributed by atoms with Crippen LogP contribution in [0.5, 0.6) is 0 Å². The highest BCUT2D eigenvalue weighted by Crippen LogP contribution is 2.43. The van der Waals surface area contributed by atoms with E-state index >= 15 is 0 Å². The average molecular weight is 418 g/mol. The monoisotopic (exact) mass is 417 g/mol. The van der Waals surface area contributed by atoms with E-state index in [2.05, 4.69) is 0 Å². The van der Waals surface area contributed by atoms with E-state index in [1.165, 1.54) is 17.0 Å². The Morgan fingerprint density at radius 3 is 2.17 bits per heavy atom. The first-order chi connectivity index (χ1) is 13.7. The molecule has 0 spiro atoms. The molecule has 0 aliphatic carbocycles. The van der Waals surface area contributed by atoms with Crippen molar-refractivity contribution in [2.75, 3.05) is 0 Å². The number of benzene rings is 3. The Balaban J connectivity index is 1.77. The fraction of sp³-hybridized carbons (Fsp3) is 0.136. The predicted molar refractivity (Wildman–Crippen MR) is 102 cm³/mol. The first-order valence-corrected chi connectivity index (χ1v) is 9.15. The topological polar surface area (TPSA) is 40.5 Å². The highest BCUT2D eigenvalue weighted by molar-refractivity contribution is 6.30. The zero-order valence-electron chi connectivity index (χ0n) is 14.9. The zero-order valence-corrected chi connectivity index (χ0v) is 15.7. The SMILES string of the molecule is O=C1c2ccccc2C(O)(c2ccc(Cl)cc2)N1Cc1ccc(C(F)(F)F)cc1. The lowest BCUT2D eigenvalue weighted by Gasteiger charge is -2.35. The molecule has 0 saturated heterocycles. The van der Waals surface area contributed by atoms with Crippen LogP contribution in [-0.2, 0) is 18.4 Å². The van der Waals surface area contributed by atoms with E-state index in [1.807, 2.05) is 0 Å². The van der Waals surface area contributed by atoms with Crippen molar-refractivity contribution < 1.29 is 23.1 Å². The lowest BCUT2D eigenvalue weighted by Crippen LogP contribution is -2.44. The van der Waals surface area contributed by atoms with Crippen LogP contribution in [-0.4, -0.2) is 15.9 Å². The fourth-order valence-corrected chi connectivity index (χ4v) is 3.70. The minimum absolute atomic E-state index is 0.0647. The van der Waals surface area contributed by atoms with E-state index in [9.17, 15) is 23.1 Å². The van der Waals surface area contributed by atoms with Crippen LogP contribution in [0.1, 0.15) is 32.6 Å². The van der Waals surface area contributed by atoms with E-state index in [0.29, 0.717) is 27.3 Å². The summed E-state index contributed by atoms with van der Waals surface area (Å²) in [5.41, 5.74) is -0.874. The number of aliphatic hydroxyl groups is 1. The summed E-state index contributed by atoms with van der Waals surface area (Å²) in [6.07, 6.45) is -4.44. The van der Waals surface area contributed by atoms with Crippen LogP contribution in [0.4, 0.5) is 13.2 Å². The quantitative estimate of drug-likeness (QED) is 0.635.